The lowest BCUT2D eigenvalue weighted by molar-refractivity contribution is -0.116. The van der Waals surface area contributed by atoms with Crippen molar-refractivity contribution < 1.29 is 14.3 Å². The third-order valence-corrected chi connectivity index (χ3v) is 5.05. The molecule has 1 N–H and O–H groups in total. The number of hydrogen-bond donors (Lipinski definition) is 1. The van der Waals surface area contributed by atoms with Crippen LogP contribution in [-0.2, 0) is 9.53 Å². The van der Waals surface area contributed by atoms with Crippen LogP contribution in [-0.4, -0.2) is 27.9 Å². The van der Waals surface area contributed by atoms with Gasteiger partial charge in [-0.2, -0.15) is 0 Å². The number of nitrogens with one attached hydrogen (secondary N) is 1. The molecule has 0 spiro atoms. The first-order valence-electron chi connectivity index (χ1n) is 10.2. The minimum absolute atomic E-state index is 0.0948. The summed E-state index contributed by atoms with van der Waals surface area (Å²) in [6.07, 6.45) is 1.98. The Hall–Kier alpha value is -3.93. The molecular weight excluding hydrogens is 390 g/mol. The number of benzene rings is 2. The van der Waals surface area contributed by atoms with Gasteiger partial charge in [-0.05, 0) is 30.2 Å². The summed E-state index contributed by atoms with van der Waals surface area (Å²) in [5.74, 6) is -0.579. The maximum atomic E-state index is 13.1. The second-order valence-electron chi connectivity index (χ2n) is 7.08. The van der Waals surface area contributed by atoms with Crippen LogP contribution in [0.3, 0.4) is 0 Å². The molecule has 2 aromatic carbocycles. The zero-order valence-electron chi connectivity index (χ0n) is 17.2. The smallest absolute Gasteiger partial charge is 0.360 e. The predicted molar refractivity (Wildman–Crippen MR) is 119 cm³/mol. The standard InChI is InChI=1S/C25H23N3O3/c1-2-31-25(30)23-24(28-16-10-9-15-21(28)26-23)27-22(29)17-20(18-11-5-3-6-12-18)19-13-7-4-8-14-19/h3-16,20H,2,17H2,1H3,(H,27,29). The van der Waals surface area contributed by atoms with Crippen molar-refractivity contribution in [2.24, 2.45) is 0 Å². The molecule has 0 saturated heterocycles. The third kappa shape index (κ3) is 4.48. The van der Waals surface area contributed by atoms with E-state index >= 15 is 0 Å². The summed E-state index contributed by atoms with van der Waals surface area (Å²) in [7, 11) is 0. The van der Waals surface area contributed by atoms with Crippen LogP contribution in [0.2, 0.25) is 0 Å². The molecule has 4 rings (SSSR count). The largest absolute Gasteiger partial charge is 0.461 e. The molecule has 6 nitrogen and oxygen atoms in total. The van der Waals surface area contributed by atoms with E-state index in [1.165, 1.54) is 0 Å². The van der Waals surface area contributed by atoms with E-state index in [4.69, 9.17) is 4.74 Å². The van der Waals surface area contributed by atoms with E-state index in [-0.39, 0.29) is 30.5 Å². The number of amides is 1. The Bertz CT molecular complexity index is 1150. The molecule has 0 saturated carbocycles. The Morgan fingerprint density at radius 1 is 0.935 bits per heavy atom. The first-order valence-corrected chi connectivity index (χ1v) is 10.2. The fourth-order valence-corrected chi connectivity index (χ4v) is 3.62. The van der Waals surface area contributed by atoms with Crippen molar-refractivity contribution >= 4 is 23.3 Å². The molecule has 0 aliphatic rings. The summed E-state index contributed by atoms with van der Waals surface area (Å²) in [5, 5.41) is 2.90. The average molecular weight is 413 g/mol. The molecule has 6 heteroatoms. The Balaban J connectivity index is 1.65. The quantitative estimate of drug-likeness (QED) is 0.447. The van der Waals surface area contributed by atoms with Crippen molar-refractivity contribution in [3.8, 4) is 0 Å². The molecule has 0 fully saturated rings. The summed E-state index contributed by atoms with van der Waals surface area (Å²) >= 11 is 0. The van der Waals surface area contributed by atoms with Gasteiger partial charge in [0.2, 0.25) is 5.91 Å². The van der Waals surface area contributed by atoms with E-state index in [0.717, 1.165) is 11.1 Å². The van der Waals surface area contributed by atoms with Crippen LogP contribution in [0.4, 0.5) is 5.82 Å². The van der Waals surface area contributed by atoms with E-state index in [0.29, 0.717) is 11.5 Å². The maximum Gasteiger partial charge on any atom is 0.360 e. The van der Waals surface area contributed by atoms with Crippen LogP contribution in [0.5, 0.6) is 0 Å². The van der Waals surface area contributed by atoms with Gasteiger partial charge >= 0.3 is 5.97 Å². The highest BCUT2D eigenvalue weighted by atomic mass is 16.5. The molecule has 0 aliphatic carbocycles. The van der Waals surface area contributed by atoms with Crippen LogP contribution in [0, 0.1) is 0 Å². The van der Waals surface area contributed by atoms with Gasteiger partial charge in [-0.25, -0.2) is 9.78 Å². The number of nitrogens with zero attached hydrogens (tertiary/aromatic N) is 2. The number of imidazole rings is 1. The van der Waals surface area contributed by atoms with Crippen LogP contribution in [0.15, 0.2) is 85.1 Å². The molecule has 156 valence electrons. The van der Waals surface area contributed by atoms with Gasteiger partial charge in [-0.3, -0.25) is 9.20 Å². The minimum atomic E-state index is -0.566. The van der Waals surface area contributed by atoms with Gasteiger partial charge in [-0.1, -0.05) is 66.7 Å². The van der Waals surface area contributed by atoms with Gasteiger partial charge in [0.05, 0.1) is 6.61 Å². The van der Waals surface area contributed by atoms with E-state index in [2.05, 4.69) is 10.3 Å². The topological polar surface area (TPSA) is 72.7 Å². The van der Waals surface area contributed by atoms with Crippen LogP contribution in [0.25, 0.3) is 5.65 Å². The number of anilines is 1. The Morgan fingerprint density at radius 3 is 2.16 bits per heavy atom. The number of esters is 1. The molecule has 0 aliphatic heterocycles. The minimum Gasteiger partial charge on any atom is -0.461 e. The van der Waals surface area contributed by atoms with E-state index in [9.17, 15) is 9.59 Å². The number of carbonyl (C=O) groups excluding carboxylic acids is 2. The van der Waals surface area contributed by atoms with Crippen molar-refractivity contribution in [2.75, 3.05) is 11.9 Å². The predicted octanol–water partition coefficient (Wildman–Crippen LogP) is 4.67. The number of pyridine rings is 1. The summed E-state index contributed by atoms with van der Waals surface area (Å²) in [6, 6.07) is 25.2. The SMILES string of the molecule is CCOC(=O)c1nc2ccccn2c1NC(=O)CC(c1ccccc1)c1ccccc1. The van der Waals surface area contributed by atoms with Crippen molar-refractivity contribution in [2.45, 2.75) is 19.3 Å². The van der Waals surface area contributed by atoms with Gasteiger partial charge < -0.3 is 10.1 Å². The van der Waals surface area contributed by atoms with E-state index in [1.54, 1.807) is 23.6 Å². The summed E-state index contributed by atoms with van der Waals surface area (Å²) in [4.78, 5) is 29.9. The Kier molecular flexibility index (Phi) is 6.08. The fraction of sp³-hybridized carbons (Fsp3) is 0.160. The number of aromatic nitrogens is 2. The molecule has 0 atom stereocenters. The lowest BCUT2D eigenvalue weighted by atomic mass is 9.88. The highest BCUT2D eigenvalue weighted by molar-refractivity contribution is 6.00. The van der Waals surface area contributed by atoms with Crippen molar-refractivity contribution in [3.05, 3.63) is 102 Å². The Morgan fingerprint density at radius 2 is 1.55 bits per heavy atom. The molecule has 1 amide bonds. The van der Waals surface area contributed by atoms with Crippen molar-refractivity contribution in [3.63, 3.8) is 0 Å². The lowest BCUT2D eigenvalue weighted by Gasteiger charge is -2.18. The molecule has 4 aromatic rings. The monoisotopic (exact) mass is 413 g/mol. The highest BCUT2D eigenvalue weighted by Gasteiger charge is 2.24. The first kappa shape index (κ1) is 20.3. The fourth-order valence-electron chi connectivity index (χ4n) is 3.62. The number of ether oxygens (including phenoxy) is 1. The van der Waals surface area contributed by atoms with Gasteiger partial charge in [0.25, 0.3) is 0 Å². The van der Waals surface area contributed by atoms with Gasteiger partial charge in [-0.15, -0.1) is 0 Å². The number of fused-ring (bicyclic) bond motifs is 1. The molecule has 2 heterocycles. The van der Waals surface area contributed by atoms with E-state index < -0.39 is 5.97 Å². The molecule has 0 unspecified atom stereocenters. The molecule has 0 bridgehead atoms. The summed E-state index contributed by atoms with van der Waals surface area (Å²) in [6.45, 7) is 1.96. The van der Waals surface area contributed by atoms with Crippen LogP contribution in [0.1, 0.15) is 40.9 Å². The summed E-state index contributed by atoms with van der Waals surface area (Å²) in [5.41, 5.74) is 2.75. The number of carbonyl (C=O) groups is 2. The Labute approximate surface area is 180 Å². The van der Waals surface area contributed by atoms with Crippen molar-refractivity contribution in [1.82, 2.24) is 9.38 Å². The highest BCUT2D eigenvalue weighted by Crippen LogP contribution is 2.29. The van der Waals surface area contributed by atoms with Crippen LogP contribution >= 0.6 is 0 Å². The number of rotatable bonds is 7. The summed E-state index contributed by atoms with van der Waals surface area (Å²) < 4.78 is 6.82. The normalized spacial score (nSPS) is 10.9. The lowest BCUT2D eigenvalue weighted by Crippen LogP contribution is -2.19. The van der Waals surface area contributed by atoms with Crippen molar-refractivity contribution in [1.29, 1.82) is 0 Å². The third-order valence-electron chi connectivity index (χ3n) is 5.05. The maximum absolute atomic E-state index is 13.1. The first-order chi connectivity index (χ1) is 15.2. The zero-order valence-corrected chi connectivity index (χ0v) is 17.2. The number of hydrogen-bond acceptors (Lipinski definition) is 4. The van der Waals surface area contributed by atoms with Gasteiger partial charge in [0, 0.05) is 18.5 Å². The van der Waals surface area contributed by atoms with Gasteiger partial charge in [0.15, 0.2) is 11.5 Å². The van der Waals surface area contributed by atoms with Crippen LogP contribution < -0.4 is 5.32 Å². The molecular formula is C25H23N3O3. The molecule has 2 aromatic heterocycles. The second kappa shape index (κ2) is 9.26. The van der Waals surface area contributed by atoms with E-state index in [1.807, 2.05) is 72.8 Å². The molecule has 31 heavy (non-hydrogen) atoms. The average Bonchev–Trinajstić information content (AvgIpc) is 3.17. The molecule has 0 radical (unpaired) electrons. The second-order valence-corrected chi connectivity index (χ2v) is 7.08. The zero-order chi connectivity index (χ0) is 21.6. The van der Waals surface area contributed by atoms with Gasteiger partial charge in [0.1, 0.15) is 5.65 Å².